The minimum Gasteiger partial charge on any atom is -0.325 e. The molecule has 1 fully saturated rings. The van der Waals surface area contributed by atoms with Gasteiger partial charge in [0.25, 0.3) is 0 Å². The van der Waals surface area contributed by atoms with Crippen LogP contribution in [0.2, 0.25) is 0 Å². The Labute approximate surface area is 158 Å². The maximum Gasteiger partial charge on any atom is 0.228 e. The maximum atomic E-state index is 12.5. The normalized spacial score (nSPS) is 18.8. The first-order chi connectivity index (χ1) is 12.3. The van der Waals surface area contributed by atoms with E-state index in [9.17, 15) is 13.2 Å². The van der Waals surface area contributed by atoms with Crippen molar-refractivity contribution in [2.75, 3.05) is 23.1 Å². The fourth-order valence-corrected chi connectivity index (χ4v) is 5.63. The van der Waals surface area contributed by atoms with E-state index in [1.807, 2.05) is 44.4 Å². The molecule has 0 aliphatic carbocycles. The van der Waals surface area contributed by atoms with Crippen LogP contribution in [0.15, 0.2) is 29.2 Å². The fraction of sp³-hybridized carbons (Fsp3) is 0.444. The first-order valence-electron chi connectivity index (χ1n) is 8.48. The minimum absolute atomic E-state index is 0.101. The van der Waals surface area contributed by atoms with Crippen LogP contribution < -0.4 is 5.32 Å². The number of hydrogen-bond donors (Lipinski definition) is 1. The molecule has 1 aromatic carbocycles. The van der Waals surface area contributed by atoms with E-state index in [-0.39, 0.29) is 29.9 Å². The number of aromatic nitrogens is 2. The van der Waals surface area contributed by atoms with Gasteiger partial charge < -0.3 is 5.32 Å². The van der Waals surface area contributed by atoms with E-state index in [0.717, 1.165) is 27.5 Å². The van der Waals surface area contributed by atoms with Crippen molar-refractivity contribution in [3.05, 3.63) is 41.2 Å². The van der Waals surface area contributed by atoms with E-state index in [2.05, 4.69) is 10.4 Å². The van der Waals surface area contributed by atoms with E-state index in [4.69, 9.17) is 0 Å². The van der Waals surface area contributed by atoms with Gasteiger partial charge in [-0.1, -0.05) is 12.1 Å². The number of nitrogens with one attached hydrogen (secondary N) is 1. The zero-order valence-corrected chi connectivity index (χ0v) is 16.8. The van der Waals surface area contributed by atoms with Gasteiger partial charge in [-0.05, 0) is 38.7 Å². The molecular weight excluding hydrogens is 370 g/mol. The van der Waals surface area contributed by atoms with Gasteiger partial charge in [-0.25, -0.2) is 8.42 Å². The zero-order chi connectivity index (χ0) is 18.9. The summed E-state index contributed by atoms with van der Waals surface area (Å²) in [4.78, 5) is 13.5. The number of anilines is 1. The van der Waals surface area contributed by atoms with Crippen LogP contribution >= 0.6 is 11.8 Å². The highest BCUT2D eigenvalue weighted by Crippen LogP contribution is 2.28. The Kier molecular flexibility index (Phi) is 5.43. The number of rotatable bonds is 5. The average molecular weight is 394 g/mol. The van der Waals surface area contributed by atoms with Gasteiger partial charge in [0.1, 0.15) is 0 Å². The molecule has 6 nitrogen and oxygen atoms in total. The number of para-hydroxylation sites is 1. The number of nitrogens with zero attached hydrogens (tertiary/aromatic N) is 2. The molecule has 0 unspecified atom stereocenters. The Morgan fingerprint density at radius 3 is 2.73 bits per heavy atom. The Bertz CT molecular complexity index is 935. The molecule has 0 saturated carbocycles. The van der Waals surface area contributed by atoms with E-state index < -0.39 is 9.84 Å². The molecule has 26 heavy (non-hydrogen) atoms. The molecule has 1 aliphatic rings. The zero-order valence-electron chi connectivity index (χ0n) is 15.2. The predicted molar refractivity (Wildman–Crippen MR) is 105 cm³/mol. The summed E-state index contributed by atoms with van der Waals surface area (Å²) in [7, 11) is -2.98. The maximum absolute atomic E-state index is 12.5. The quantitative estimate of drug-likeness (QED) is 0.790. The first-order valence-corrected chi connectivity index (χ1v) is 11.5. The Hall–Kier alpha value is -1.80. The van der Waals surface area contributed by atoms with Gasteiger partial charge in [0.2, 0.25) is 5.91 Å². The van der Waals surface area contributed by atoms with Crippen LogP contribution in [0.1, 0.15) is 29.4 Å². The lowest BCUT2D eigenvalue weighted by atomic mass is 10.1. The molecule has 1 saturated heterocycles. The van der Waals surface area contributed by atoms with Crippen molar-refractivity contribution in [1.82, 2.24) is 9.78 Å². The number of sulfone groups is 1. The van der Waals surface area contributed by atoms with E-state index in [1.165, 1.54) is 0 Å². The summed E-state index contributed by atoms with van der Waals surface area (Å²) in [5.74, 6) is 0.232. The number of hydrogen-bond acceptors (Lipinski definition) is 5. The number of benzene rings is 1. The molecule has 1 aliphatic heterocycles. The van der Waals surface area contributed by atoms with E-state index in [1.54, 1.807) is 16.4 Å². The molecule has 1 aromatic heterocycles. The van der Waals surface area contributed by atoms with Crippen molar-refractivity contribution >= 4 is 33.2 Å². The van der Waals surface area contributed by atoms with Crippen molar-refractivity contribution in [2.45, 2.75) is 37.6 Å². The molecule has 8 heteroatoms. The van der Waals surface area contributed by atoms with Crippen molar-refractivity contribution in [1.29, 1.82) is 0 Å². The third-order valence-corrected chi connectivity index (χ3v) is 7.29. The monoisotopic (exact) mass is 393 g/mol. The van der Waals surface area contributed by atoms with Crippen LogP contribution in [-0.4, -0.2) is 41.9 Å². The van der Waals surface area contributed by atoms with Gasteiger partial charge in [0, 0.05) is 16.2 Å². The number of carbonyl (C=O) groups is 1. The Balaban J connectivity index is 1.77. The van der Waals surface area contributed by atoms with Gasteiger partial charge in [0.05, 0.1) is 35.3 Å². The number of aryl methyl sites for hydroxylation is 1. The molecule has 0 radical (unpaired) electrons. The average Bonchev–Trinajstić information content (AvgIpc) is 3.09. The summed E-state index contributed by atoms with van der Waals surface area (Å²) in [6.45, 7) is 3.77. The van der Waals surface area contributed by atoms with Crippen molar-refractivity contribution in [2.24, 2.45) is 0 Å². The number of carbonyl (C=O) groups excluding carboxylic acids is 1. The lowest BCUT2D eigenvalue weighted by molar-refractivity contribution is -0.115. The third-order valence-electron chi connectivity index (χ3n) is 4.75. The molecule has 1 atom stereocenters. The van der Waals surface area contributed by atoms with Gasteiger partial charge >= 0.3 is 0 Å². The third kappa shape index (κ3) is 3.96. The summed E-state index contributed by atoms with van der Waals surface area (Å²) in [5, 5.41) is 7.48. The predicted octanol–water partition coefficient (Wildman–Crippen LogP) is 2.76. The summed E-state index contributed by atoms with van der Waals surface area (Å²) in [6, 6.07) is 7.55. The topological polar surface area (TPSA) is 81.1 Å². The van der Waals surface area contributed by atoms with Gasteiger partial charge in [-0.15, -0.1) is 11.8 Å². The van der Waals surface area contributed by atoms with Crippen LogP contribution in [0.3, 0.4) is 0 Å². The van der Waals surface area contributed by atoms with Crippen LogP contribution in [-0.2, 0) is 21.1 Å². The fourth-order valence-electron chi connectivity index (χ4n) is 3.38. The highest BCUT2D eigenvalue weighted by atomic mass is 32.2. The first kappa shape index (κ1) is 19.0. The van der Waals surface area contributed by atoms with Crippen LogP contribution in [0, 0.1) is 13.8 Å². The second kappa shape index (κ2) is 7.44. The SMILES string of the molecule is CSc1ccccc1NC(=O)Cc1c(C)nn([C@H]2CCS(=O)(=O)C2)c1C. The van der Waals surface area contributed by atoms with Crippen LogP contribution in [0.25, 0.3) is 0 Å². The lowest BCUT2D eigenvalue weighted by Gasteiger charge is -2.12. The second-order valence-corrected chi connectivity index (χ2v) is 9.65. The number of thioether (sulfide) groups is 1. The van der Waals surface area contributed by atoms with E-state index in [0.29, 0.717) is 6.42 Å². The molecule has 140 valence electrons. The Morgan fingerprint density at radius 1 is 1.35 bits per heavy atom. The van der Waals surface area contributed by atoms with Gasteiger partial charge in [-0.3, -0.25) is 9.48 Å². The molecule has 3 rings (SSSR count). The Morgan fingerprint density at radius 2 is 2.08 bits per heavy atom. The number of amides is 1. The summed E-state index contributed by atoms with van der Waals surface area (Å²) in [6.07, 6.45) is 2.77. The highest BCUT2D eigenvalue weighted by Gasteiger charge is 2.31. The summed E-state index contributed by atoms with van der Waals surface area (Å²) in [5.41, 5.74) is 3.32. The van der Waals surface area contributed by atoms with Gasteiger partial charge in [0.15, 0.2) is 9.84 Å². The second-order valence-electron chi connectivity index (χ2n) is 6.58. The van der Waals surface area contributed by atoms with Gasteiger partial charge in [-0.2, -0.15) is 5.10 Å². The molecule has 0 spiro atoms. The molecular formula is C18H23N3O3S2. The molecule has 1 N–H and O–H groups in total. The molecule has 2 heterocycles. The van der Waals surface area contributed by atoms with Crippen LogP contribution in [0.5, 0.6) is 0 Å². The molecule has 0 bridgehead atoms. The molecule has 1 amide bonds. The van der Waals surface area contributed by atoms with E-state index >= 15 is 0 Å². The standard InChI is InChI=1S/C18H23N3O3S2/c1-12-15(10-18(22)19-16-6-4-5-7-17(16)25-3)13(2)21(20-12)14-8-9-26(23,24)11-14/h4-7,14H,8-11H2,1-3H3,(H,19,22)/t14-/m0/s1. The van der Waals surface area contributed by atoms with Crippen molar-refractivity contribution < 1.29 is 13.2 Å². The summed E-state index contributed by atoms with van der Waals surface area (Å²) >= 11 is 1.58. The van der Waals surface area contributed by atoms with Crippen molar-refractivity contribution in [3.63, 3.8) is 0 Å². The van der Waals surface area contributed by atoms with Crippen LogP contribution in [0.4, 0.5) is 5.69 Å². The lowest BCUT2D eigenvalue weighted by Crippen LogP contribution is -2.17. The highest BCUT2D eigenvalue weighted by molar-refractivity contribution is 7.98. The summed E-state index contributed by atoms with van der Waals surface area (Å²) < 4.78 is 25.3. The largest absolute Gasteiger partial charge is 0.325 e. The minimum atomic E-state index is -2.98. The smallest absolute Gasteiger partial charge is 0.228 e. The molecule has 2 aromatic rings. The van der Waals surface area contributed by atoms with Crippen molar-refractivity contribution in [3.8, 4) is 0 Å².